The van der Waals surface area contributed by atoms with Gasteiger partial charge in [-0.25, -0.2) is 4.42 Å². The van der Waals surface area contributed by atoms with Crippen LogP contribution in [0.15, 0.2) is 9.66 Å². The molecular weight excluding hydrogens is 236 g/mol. The highest BCUT2D eigenvalue weighted by molar-refractivity contribution is 14.1. The van der Waals surface area contributed by atoms with Crippen LogP contribution >= 0.6 is 34.4 Å². The van der Waals surface area contributed by atoms with E-state index in [-0.39, 0.29) is 0 Å². The van der Waals surface area contributed by atoms with Crippen molar-refractivity contribution in [1.82, 2.24) is 4.42 Å². The van der Waals surface area contributed by atoms with Crippen LogP contribution < -0.4 is 0 Å². The van der Waals surface area contributed by atoms with Crippen LogP contribution in [-0.4, -0.2) is 17.5 Å². The van der Waals surface area contributed by atoms with Gasteiger partial charge >= 0.3 is 0 Å². The highest BCUT2D eigenvalue weighted by Crippen LogP contribution is 2.17. The summed E-state index contributed by atoms with van der Waals surface area (Å²) in [6, 6.07) is 0. The van der Waals surface area contributed by atoms with Gasteiger partial charge < -0.3 is 0 Å². The molecule has 0 saturated heterocycles. The first-order valence-electron chi connectivity index (χ1n) is 2.54. The summed E-state index contributed by atoms with van der Waals surface area (Å²) in [5.74, 6) is 0. The molecule has 0 aromatic rings. The van der Waals surface area contributed by atoms with E-state index in [1.165, 1.54) is 3.58 Å². The van der Waals surface area contributed by atoms with Crippen molar-refractivity contribution in [3.8, 4) is 0 Å². The molecule has 1 nitrogen and oxygen atoms in total. The number of halogens is 2. The van der Waals surface area contributed by atoms with Crippen molar-refractivity contribution >= 4 is 34.4 Å². The number of hydrogen-bond acceptors (Lipinski definition) is 1. The van der Waals surface area contributed by atoms with Crippen molar-refractivity contribution in [3.05, 3.63) is 9.66 Å². The average Bonchev–Trinajstić information content (AvgIpc) is 1.77. The van der Waals surface area contributed by atoms with Crippen molar-refractivity contribution in [2.45, 2.75) is 6.42 Å². The van der Waals surface area contributed by atoms with Crippen LogP contribution in [0.2, 0.25) is 0 Å². The molecule has 0 bridgehead atoms. The molecule has 0 fully saturated rings. The molecule has 0 aromatic carbocycles. The lowest BCUT2D eigenvalue weighted by Crippen LogP contribution is -2.17. The molecule has 1 aliphatic heterocycles. The largest absolute Gasteiger partial charge is 0.216 e. The van der Waals surface area contributed by atoms with Crippen LogP contribution in [0.5, 0.6) is 0 Å². The Labute approximate surface area is 67.9 Å². The van der Waals surface area contributed by atoms with Gasteiger partial charge in [-0.05, 0) is 44.4 Å². The zero-order chi connectivity index (χ0) is 5.98. The zero-order valence-corrected chi connectivity index (χ0v) is 7.32. The lowest BCUT2D eigenvalue weighted by atomic mass is 10.3. The lowest BCUT2D eigenvalue weighted by Gasteiger charge is -2.15. The molecule has 0 aliphatic carbocycles. The summed E-state index contributed by atoms with van der Waals surface area (Å²) < 4.78 is 3.22. The third-order valence-electron chi connectivity index (χ3n) is 1.10. The van der Waals surface area contributed by atoms with E-state index in [4.69, 9.17) is 11.8 Å². The van der Waals surface area contributed by atoms with Gasteiger partial charge in [0.2, 0.25) is 0 Å². The van der Waals surface area contributed by atoms with Gasteiger partial charge in [0, 0.05) is 13.1 Å². The van der Waals surface area contributed by atoms with Crippen molar-refractivity contribution in [2.24, 2.45) is 0 Å². The summed E-state index contributed by atoms with van der Waals surface area (Å²) in [6.07, 6.45) is 3.26. The smallest absolute Gasteiger partial charge is 0.0329 e. The van der Waals surface area contributed by atoms with E-state index in [1.807, 2.05) is 0 Å². The third kappa shape index (κ3) is 1.91. The molecule has 1 rings (SSSR count). The van der Waals surface area contributed by atoms with Crippen LogP contribution in [0.25, 0.3) is 0 Å². The Balaban J connectivity index is 2.42. The van der Waals surface area contributed by atoms with E-state index in [9.17, 15) is 0 Å². The molecule has 0 atom stereocenters. The molecule has 0 unspecified atom stereocenters. The zero-order valence-electron chi connectivity index (χ0n) is 4.40. The molecule has 0 saturated carbocycles. The van der Waals surface area contributed by atoms with Gasteiger partial charge in [0.05, 0.1) is 0 Å². The average molecular weight is 243 g/mol. The van der Waals surface area contributed by atoms with Gasteiger partial charge in [-0.2, -0.15) is 0 Å². The quantitative estimate of drug-likeness (QED) is 0.465. The maximum Gasteiger partial charge on any atom is 0.0329 e. The van der Waals surface area contributed by atoms with Crippen molar-refractivity contribution < 1.29 is 0 Å². The third-order valence-corrected chi connectivity index (χ3v) is 2.39. The van der Waals surface area contributed by atoms with Gasteiger partial charge in [0.15, 0.2) is 0 Å². The summed E-state index contributed by atoms with van der Waals surface area (Å²) in [5, 5.41) is 0. The number of hydrogen-bond donors (Lipinski definition) is 0. The molecule has 3 heteroatoms. The summed E-state index contributed by atoms with van der Waals surface area (Å²) in [4.78, 5) is 0. The summed E-state index contributed by atoms with van der Waals surface area (Å²) in [5.41, 5.74) is 0. The molecule has 1 heterocycles. The molecule has 0 N–H and O–H groups in total. The second-order valence-electron chi connectivity index (χ2n) is 1.77. The van der Waals surface area contributed by atoms with Crippen molar-refractivity contribution in [3.63, 3.8) is 0 Å². The highest BCUT2D eigenvalue weighted by Gasteiger charge is 2.05. The fraction of sp³-hybridized carbons (Fsp3) is 0.600. The fourth-order valence-corrected chi connectivity index (χ4v) is 1.21. The fourth-order valence-electron chi connectivity index (χ4n) is 0.620. The van der Waals surface area contributed by atoms with E-state index in [0.29, 0.717) is 0 Å². The van der Waals surface area contributed by atoms with E-state index < -0.39 is 0 Å². The summed E-state index contributed by atoms with van der Waals surface area (Å²) in [7, 11) is 0. The highest BCUT2D eigenvalue weighted by atomic mass is 127. The topological polar surface area (TPSA) is 3.24 Å². The number of nitrogens with zero attached hydrogens (tertiary/aromatic N) is 1. The SMILES string of the molecule is ClN1CC=C(I)CC1. The maximum atomic E-state index is 5.67. The second-order valence-corrected chi connectivity index (χ2v) is 3.63. The van der Waals surface area contributed by atoms with Crippen molar-refractivity contribution in [2.75, 3.05) is 13.1 Å². The maximum absolute atomic E-state index is 5.67. The van der Waals surface area contributed by atoms with E-state index in [2.05, 4.69) is 28.7 Å². The molecule has 46 valence electrons. The Morgan fingerprint density at radius 1 is 1.75 bits per heavy atom. The minimum absolute atomic E-state index is 0.903. The van der Waals surface area contributed by atoms with Gasteiger partial charge in [-0.1, -0.05) is 6.08 Å². The van der Waals surface area contributed by atoms with Crippen LogP contribution in [0.3, 0.4) is 0 Å². The molecule has 0 spiro atoms. The Morgan fingerprint density at radius 3 is 2.88 bits per heavy atom. The monoisotopic (exact) mass is 243 g/mol. The van der Waals surface area contributed by atoms with Crippen LogP contribution in [0.1, 0.15) is 6.42 Å². The van der Waals surface area contributed by atoms with Crippen molar-refractivity contribution in [1.29, 1.82) is 0 Å². The van der Waals surface area contributed by atoms with Gasteiger partial charge in [-0.3, -0.25) is 0 Å². The van der Waals surface area contributed by atoms with Crippen LogP contribution in [0, 0.1) is 0 Å². The van der Waals surface area contributed by atoms with Gasteiger partial charge in [0.1, 0.15) is 0 Å². The van der Waals surface area contributed by atoms with Crippen LogP contribution in [0.4, 0.5) is 0 Å². The van der Waals surface area contributed by atoms with Crippen LogP contribution in [-0.2, 0) is 0 Å². The molecular formula is C5H7ClIN. The Morgan fingerprint density at radius 2 is 2.50 bits per heavy atom. The van der Waals surface area contributed by atoms with Gasteiger partial charge in [0.25, 0.3) is 0 Å². The molecule has 0 amide bonds. The number of rotatable bonds is 0. The molecule has 0 aromatic heterocycles. The Kier molecular flexibility index (Phi) is 2.59. The lowest BCUT2D eigenvalue weighted by molar-refractivity contribution is 0.492. The van der Waals surface area contributed by atoms with Gasteiger partial charge in [-0.15, -0.1) is 0 Å². The minimum atomic E-state index is 0.903. The molecule has 1 aliphatic rings. The normalized spacial score (nSPS) is 23.0. The standard InChI is InChI=1S/C5H7ClIN/c6-8-3-1-5(7)2-4-8/h1H,2-4H2. The molecule has 8 heavy (non-hydrogen) atoms. The van der Waals surface area contributed by atoms with E-state index in [0.717, 1.165) is 19.5 Å². The predicted molar refractivity (Wildman–Crippen MR) is 44.1 cm³/mol. The Hall–Kier alpha value is 0.720. The van der Waals surface area contributed by atoms with E-state index in [1.54, 1.807) is 4.42 Å². The predicted octanol–water partition coefficient (Wildman–Crippen LogP) is 2.16. The minimum Gasteiger partial charge on any atom is -0.216 e. The first kappa shape index (κ1) is 6.83. The second kappa shape index (κ2) is 3.03. The summed E-state index contributed by atoms with van der Waals surface area (Å²) >= 11 is 8.01. The van der Waals surface area contributed by atoms with E-state index >= 15 is 0 Å². The molecule has 0 radical (unpaired) electrons. The summed E-state index contributed by atoms with van der Waals surface area (Å²) in [6.45, 7) is 1.90. The Bertz CT molecular complexity index is 113. The first-order chi connectivity index (χ1) is 3.79. The first-order valence-corrected chi connectivity index (χ1v) is 3.96.